The lowest BCUT2D eigenvalue weighted by Gasteiger charge is -2.24. The van der Waals surface area contributed by atoms with E-state index in [-0.39, 0.29) is 6.09 Å². The summed E-state index contributed by atoms with van der Waals surface area (Å²) in [5.41, 5.74) is -1.44. The van der Waals surface area contributed by atoms with Gasteiger partial charge in [0.2, 0.25) is 24.3 Å². The highest BCUT2D eigenvalue weighted by Gasteiger charge is 2.25. The number of carbonyl (C=O) groups excluding carboxylic acids is 10. The maximum Gasteiger partial charge on any atom is 0.410 e. The molecule has 0 saturated heterocycles. The predicted molar refractivity (Wildman–Crippen MR) is 422 cm³/mol. The van der Waals surface area contributed by atoms with E-state index in [9.17, 15) is 47.9 Å². The number of ether oxygens (including phenoxy) is 12. The molecule has 0 aliphatic heterocycles. The Balaban J connectivity index is 0.000000768. The van der Waals surface area contributed by atoms with E-state index in [1.807, 2.05) is 104 Å². The van der Waals surface area contributed by atoms with Crippen molar-refractivity contribution in [2.24, 2.45) is 20.0 Å². The topological polar surface area (TPSA) is 359 Å². The number of alkyl carbamates (subject to hydrolysis) is 1. The number of rotatable bonds is 33. The molecule has 0 fully saturated rings. The smallest absolute Gasteiger partial charge is 0.410 e. The highest BCUT2D eigenvalue weighted by molar-refractivity contribution is 5.70. The second kappa shape index (κ2) is 49.9. The van der Waals surface area contributed by atoms with Crippen LogP contribution in [0, 0.1) is 0 Å². The van der Waals surface area contributed by atoms with Crippen molar-refractivity contribution in [3.8, 4) is 34.5 Å². The summed E-state index contributed by atoms with van der Waals surface area (Å²) >= 11 is 0. The van der Waals surface area contributed by atoms with Gasteiger partial charge >= 0.3 is 36.6 Å². The largest absolute Gasteiger partial charge is 0.494 e. The number of hydrogen-bond acceptors (Lipinski definition) is 26. The van der Waals surface area contributed by atoms with Crippen LogP contribution in [0.3, 0.4) is 0 Å². The minimum absolute atomic E-state index is 0.305. The van der Waals surface area contributed by atoms with Gasteiger partial charge in [-0.15, -0.1) is 0 Å². The number of isocyanates is 4. The maximum atomic E-state index is 12.1. The Morgan fingerprint density at radius 2 is 0.562 bits per heavy atom. The summed E-state index contributed by atoms with van der Waals surface area (Å²) in [6.07, 6.45) is 6.51. The third-order valence-electron chi connectivity index (χ3n) is 13.2. The van der Waals surface area contributed by atoms with Crippen LogP contribution >= 0.6 is 0 Å². The highest BCUT2D eigenvalue weighted by atomic mass is 16.6. The van der Waals surface area contributed by atoms with E-state index in [1.165, 1.54) is 48.8 Å². The number of amides is 6. The van der Waals surface area contributed by atoms with Crippen molar-refractivity contribution in [1.29, 1.82) is 0 Å². The van der Waals surface area contributed by atoms with Crippen LogP contribution in [0.4, 0.5) is 51.5 Å². The van der Waals surface area contributed by atoms with Gasteiger partial charge in [0.15, 0.2) is 11.5 Å². The summed E-state index contributed by atoms with van der Waals surface area (Å²) in [7, 11) is 8.36. The number of carbonyl (C=O) groups is 6. The fraction of sp³-hybridized carbons (Fsp3) is 0.575. The molecule has 0 atom stereocenters. The minimum Gasteiger partial charge on any atom is -0.494 e. The van der Waals surface area contributed by atoms with Crippen molar-refractivity contribution in [2.45, 2.75) is 190 Å². The second-order valence-electron chi connectivity index (χ2n) is 30.9. The maximum absolute atomic E-state index is 12.1. The van der Waals surface area contributed by atoms with E-state index in [4.69, 9.17) is 56.8 Å². The summed E-state index contributed by atoms with van der Waals surface area (Å²) in [5.74, 6) is 3.16. The van der Waals surface area contributed by atoms with Crippen LogP contribution in [0.15, 0.2) is 105 Å². The average Bonchev–Trinajstić information content (AvgIpc) is 0.853. The summed E-state index contributed by atoms with van der Waals surface area (Å²) in [6, 6.07) is 23.2. The third kappa shape index (κ3) is 49.8. The van der Waals surface area contributed by atoms with E-state index < -0.39 is 64.1 Å². The van der Waals surface area contributed by atoms with E-state index in [0.717, 1.165) is 0 Å². The van der Waals surface area contributed by atoms with Gasteiger partial charge < -0.3 is 86.7 Å². The number of hydrogen-bond donors (Lipinski definition) is 1. The Morgan fingerprint density at radius 1 is 0.304 bits per heavy atom. The zero-order chi connectivity index (χ0) is 84.9. The molecule has 4 rings (SSSR count). The van der Waals surface area contributed by atoms with Crippen LogP contribution in [0.2, 0.25) is 0 Å². The summed E-state index contributed by atoms with van der Waals surface area (Å²) < 4.78 is 65.8. The number of nitrogens with zero attached hydrogens (tertiary/aromatic N) is 9. The van der Waals surface area contributed by atoms with Crippen LogP contribution < -0.4 is 33.7 Å². The van der Waals surface area contributed by atoms with Crippen molar-refractivity contribution >= 4 is 83.6 Å². The SMILES string of the molecule is CC(C)(C)OC(=O)NCCOc1ccc(N=C=O)cc1.CN(CCCOc1cc(N=C=O)cc(OCCCN(C)C(=O)OC(C)(C)C)c1)C(=O)OC(C)(C)C.CN(CCCOc1ccc(N=C=O)cc1)C(=O)OC(C)(C)C.CN(CCCOc1ccc(N=C=O)cc1OCCCN(C)C(=O)OC(C)(C)C)C(=O)OC(C)(C)C. The molecule has 0 radical (unpaired) electrons. The summed E-state index contributed by atoms with van der Waals surface area (Å²) in [4.78, 5) is 134. The van der Waals surface area contributed by atoms with Crippen molar-refractivity contribution in [2.75, 3.05) is 114 Å². The van der Waals surface area contributed by atoms with E-state index in [1.54, 1.807) is 141 Å². The van der Waals surface area contributed by atoms with Crippen molar-refractivity contribution in [3.05, 3.63) is 84.9 Å². The minimum atomic E-state index is -0.560. The Hall–Kier alpha value is -11.2. The van der Waals surface area contributed by atoms with Gasteiger partial charge in [-0.25, -0.2) is 47.9 Å². The first-order valence-corrected chi connectivity index (χ1v) is 36.4. The van der Waals surface area contributed by atoms with Gasteiger partial charge in [0, 0.05) is 92.2 Å². The molecule has 112 heavy (non-hydrogen) atoms. The molecule has 1 N–H and O–H groups in total. The zero-order valence-corrected chi connectivity index (χ0v) is 69.6. The molecule has 0 aromatic heterocycles. The molecule has 0 heterocycles. The first-order valence-electron chi connectivity index (χ1n) is 36.4. The van der Waals surface area contributed by atoms with E-state index >= 15 is 0 Å². The van der Waals surface area contributed by atoms with Gasteiger partial charge in [0.1, 0.15) is 63.2 Å². The van der Waals surface area contributed by atoms with Gasteiger partial charge in [-0.1, -0.05) is 0 Å². The molecule has 0 spiro atoms. The zero-order valence-electron chi connectivity index (χ0n) is 69.6. The lowest BCUT2D eigenvalue weighted by atomic mass is 10.2. The number of nitrogens with one attached hydrogen (secondary N) is 1. The molecule has 0 unspecified atom stereocenters. The van der Waals surface area contributed by atoms with Gasteiger partial charge in [-0.3, -0.25) is 0 Å². The van der Waals surface area contributed by atoms with Crippen LogP contribution in [0.1, 0.15) is 157 Å². The molecule has 0 saturated carbocycles. The molecule has 620 valence electrons. The van der Waals surface area contributed by atoms with E-state index in [0.29, 0.717) is 168 Å². The second-order valence-corrected chi connectivity index (χ2v) is 30.9. The van der Waals surface area contributed by atoms with Crippen molar-refractivity contribution in [3.63, 3.8) is 0 Å². The molecule has 4 aromatic carbocycles. The van der Waals surface area contributed by atoms with Gasteiger partial charge in [0.25, 0.3) is 0 Å². The first-order chi connectivity index (χ1) is 52.1. The molecular weight excluding hydrogens is 1450 g/mol. The normalized spacial score (nSPS) is 10.9. The number of aliphatic imine (C=N–C) groups is 4. The Labute approximate surface area is 659 Å². The summed E-state index contributed by atoms with van der Waals surface area (Å²) in [5, 5.41) is 2.59. The van der Waals surface area contributed by atoms with Gasteiger partial charge in [-0.05, 0) is 217 Å². The van der Waals surface area contributed by atoms with Crippen molar-refractivity contribution in [1.82, 2.24) is 29.8 Å². The lowest BCUT2D eigenvalue weighted by molar-refractivity contribution is 0.0280. The monoisotopic (exact) mass is 1570 g/mol. The van der Waals surface area contributed by atoms with Crippen LogP contribution in [0.5, 0.6) is 34.5 Å². The van der Waals surface area contributed by atoms with Crippen LogP contribution in [-0.2, 0) is 47.6 Å². The molecule has 32 nitrogen and oxygen atoms in total. The predicted octanol–water partition coefficient (Wildman–Crippen LogP) is 15.7. The molecule has 32 heteroatoms. The quantitative estimate of drug-likeness (QED) is 0.0200. The molecule has 4 aromatic rings. The summed E-state index contributed by atoms with van der Waals surface area (Å²) in [6.45, 7) is 37.5. The van der Waals surface area contributed by atoms with Crippen LogP contribution in [-0.4, -0.2) is 233 Å². The third-order valence-corrected chi connectivity index (χ3v) is 13.2. The average molecular weight is 1570 g/mol. The Morgan fingerprint density at radius 3 is 0.866 bits per heavy atom. The van der Waals surface area contributed by atoms with Gasteiger partial charge in [-0.2, -0.15) is 20.0 Å². The number of benzene rings is 4. The molecule has 0 bridgehead atoms. The van der Waals surface area contributed by atoms with E-state index in [2.05, 4.69) is 25.3 Å². The fourth-order valence-corrected chi connectivity index (χ4v) is 8.27. The van der Waals surface area contributed by atoms with Gasteiger partial charge in [0.05, 0.1) is 62.3 Å². The molecule has 0 aliphatic carbocycles. The molecule has 0 aliphatic rings. The van der Waals surface area contributed by atoms with Crippen LogP contribution in [0.25, 0.3) is 0 Å². The Kier molecular flexibility index (Phi) is 44.0. The molecule has 6 amide bonds. The standard InChI is InChI=1S/2C25H39N3O7.C16H22N2O4.C14H18N2O4/c1-24(2,3)34-22(30)27(7)13-9-15-32-20-12-11-19(26-18-29)17-21(20)33-16-10-14-28(8)23(31)35-25(4,5)6;1-24(2,3)34-22(30)27(7)11-9-13-32-20-15-19(26-18-29)16-21(17-20)33-14-10-12-28(8)23(31)35-25(4,5)6;1-16(2,3)22-15(20)18(4)10-5-11-21-14-8-6-13(7-9-14)17-12-19;1-14(2,3)20-13(18)15-8-9-19-12-6-4-11(5-7-12)16-10-17/h11-12,17H,9-10,13-16H2,1-8H3;15-17H,9-14H2,1-8H3;6-9H,5,10-11H2,1-4H3;4-7H,8-9H2,1-3H3,(H,15,18). The lowest BCUT2D eigenvalue weighted by Crippen LogP contribution is -2.35. The first kappa shape index (κ1) is 98.8. The fourth-order valence-electron chi connectivity index (χ4n) is 8.27. The molecular formula is C80H118N10O22. The van der Waals surface area contributed by atoms with Crippen molar-refractivity contribution < 1.29 is 105 Å². The highest BCUT2D eigenvalue weighted by Crippen LogP contribution is 2.33. The Bertz CT molecular complexity index is 3670.